The lowest BCUT2D eigenvalue weighted by Gasteiger charge is -2.36. The van der Waals surface area contributed by atoms with E-state index in [-0.39, 0.29) is 18.6 Å². The minimum absolute atomic E-state index is 0.111. The summed E-state index contributed by atoms with van der Waals surface area (Å²) in [5.41, 5.74) is 2.54. The highest BCUT2D eigenvalue weighted by molar-refractivity contribution is 6.31. The van der Waals surface area contributed by atoms with Crippen LogP contribution in [0.4, 0.5) is 5.69 Å². The fourth-order valence-corrected chi connectivity index (χ4v) is 5.63. The van der Waals surface area contributed by atoms with Crippen molar-refractivity contribution in [1.29, 1.82) is 0 Å². The molecule has 0 aliphatic carbocycles. The first-order valence-corrected chi connectivity index (χ1v) is 15.2. The molecule has 1 aromatic heterocycles. The predicted octanol–water partition coefficient (Wildman–Crippen LogP) is 5.32. The molecule has 224 valence electrons. The van der Waals surface area contributed by atoms with E-state index in [0.29, 0.717) is 28.1 Å². The van der Waals surface area contributed by atoms with Crippen LogP contribution in [0.2, 0.25) is 10.0 Å². The van der Waals surface area contributed by atoms with Gasteiger partial charge in [0.1, 0.15) is 6.04 Å². The summed E-state index contributed by atoms with van der Waals surface area (Å²) in [5.74, 6) is -0.966. The van der Waals surface area contributed by atoms with Crippen LogP contribution in [0, 0.1) is 0 Å². The first kappa shape index (κ1) is 30.6. The molecule has 10 heteroatoms. The monoisotopic (exact) mass is 620 g/mol. The summed E-state index contributed by atoms with van der Waals surface area (Å²) in [5, 5.41) is 4.86. The molecule has 8 nitrogen and oxygen atoms in total. The lowest BCUT2D eigenvalue weighted by atomic mass is 10.0. The van der Waals surface area contributed by atoms with Gasteiger partial charge < -0.3 is 19.9 Å². The number of hydrogen-bond donors (Lipinski definition) is 2. The van der Waals surface area contributed by atoms with Crippen LogP contribution in [-0.4, -0.2) is 67.1 Å². The number of ether oxygens (including phenoxy) is 1. The van der Waals surface area contributed by atoms with E-state index in [1.54, 1.807) is 30.3 Å². The first-order valence-electron chi connectivity index (χ1n) is 14.4. The molecule has 1 atom stereocenters. The van der Waals surface area contributed by atoms with E-state index in [1.165, 1.54) is 6.07 Å². The van der Waals surface area contributed by atoms with Gasteiger partial charge in [0, 0.05) is 70.9 Å². The second kappa shape index (κ2) is 14.6. The molecule has 1 unspecified atom stereocenters. The highest BCUT2D eigenvalue weighted by Crippen LogP contribution is 2.21. The second-order valence-corrected chi connectivity index (χ2v) is 11.5. The van der Waals surface area contributed by atoms with Gasteiger partial charge in [0.15, 0.2) is 0 Å². The molecule has 5 rings (SSSR count). The van der Waals surface area contributed by atoms with Crippen molar-refractivity contribution in [3.05, 3.63) is 110 Å². The zero-order valence-electron chi connectivity index (χ0n) is 23.7. The van der Waals surface area contributed by atoms with Gasteiger partial charge in [0.25, 0.3) is 5.91 Å². The number of nitrogens with zero attached hydrogens (tertiary/aromatic N) is 2. The standard InChI is InChI=1S/C33H34Cl2N4O4/c34-25-12-10-23(11-13-25)32(41)37-30(20-24-21-31(40)36-29-9-2-1-8-28(24)29)33(42)43-19-4-3-14-38-15-17-39(18-16-38)27-7-5-6-26(35)22-27/h1-2,5-13,21-22,30H,3-4,14-20H2,(H,36,40)(H,37,41). The van der Waals surface area contributed by atoms with Gasteiger partial charge in [0.2, 0.25) is 5.56 Å². The number of carbonyl (C=O) groups excluding carboxylic acids is 2. The third-order valence-electron chi connectivity index (χ3n) is 7.62. The average molecular weight is 622 g/mol. The molecular weight excluding hydrogens is 587 g/mol. The maximum Gasteiger partial charge on any atom is 0.328 e. The van der Waals surface area contributed by atoms with Gasteiger partial charge in [-0.2, -0.15) is 0 Å². The third-order valence-corrected chi connectivity index (χ3v) is 8.10. The first-order chi connectivity index (χ1) is 20.9. The zero-order chi connectivity index (χ0) is 30.2. The summed E-state index contributed by atoms with van der Waals surface area (Å²) < 4.78 is 5.65. The van der Waals surface area contributed by atoms with Gasteiger partial charge in [0.05, 0.1) is 6.61 Å². The number of fused-ring (bicyclic) bond motifs is 1. The Morgan fingerprint density at radius 3 is 2.42 bits per heavy atom. The number of aromatic amines is 1. The number of halogens is 2. The zero-order valence-corrected chi connectivity index (χ0v) is 25.2. The predicted molar refractivity (Wildman–Crippen MR) is 171 cm³/mol. The number of nitrogens with one attached hydrogen (secondary N) is 2. The molecule has 1 aliphatic rings. The summed E-state index contributed by atoms with van der Waals surface area (Å²) >= 11 is 12.1. The molecule has 0 bridgehead atoms. The molecule has 0 saturated carbocycles. The van der Waals surface area contributed by atoms with E-state index in [4.69, 9.17) is 27.9 Å². The third kappa shape index (κ3) is 8.38. The van der Waals surface area contributed by atoms with Crippen molar-refractivity contribution < 1.29 is 14.3 Å². The van der Waals surface area contributed by atoms with Crippen LogP contribution >= 0.6 is 23.2 Å². The summed E-state index contributed by atoms with van der Waals surface area (Å²) in [6.07, 6.45) is 1.69. The topological polar surface area (TPSA) is 94.7 Å². The molecule has 1 saturated heterocycles. The number of amides is 1. The van der Waals surface area contributed by atoms with Crippen molar-refractivity contribution in [2.75, 3.05) is 44.2 Å². The number of aromatic nitrogens is 1. The number of carbonyl (C=O) groups is 2. The van der Waals surface area contributed by atoms with E-state index in [2.05, 4.69) is 26.2 Å². The van der Waals surface area contributed by atoms with Crippen LogP contribution in [0.3, 0.4) is 0 Å². The van der Waals surface area contributed by atoms with E-state index >= 15 is 0 Å². The molecular formula is C33H34Cl2N4O4. The maximum absolute atomic E-state index is 13.3. The average Bonchev–Trinajstić information content (AvgIpc) is 3.01. The number of para-hydroxylation sites is 1. The maximum atomic E-state index is 13.3. The molecule has 4 aromatic rings. The Morgan fingerprint density at radius 1 is 0.884 bits per heavy atom. The molecule has 1 aliphatic heterocycles. The lowest BCUT2D eigenvalue weighted by Crippen LogP contribution is -2.46. The molecule has 1 amide bonds. The normalized spacial score (nSPS) is 14.4. The smallest absolute Gasteiger partial charge is 0.328 e. The van der Waals surface area contributed by atoms with Crippen LogP contribution in [0.15, 0.2) is 83.7 Å². The SMILES string of the molecule is O=C(NC(Cc1cc(=O)[nH]c2ccccc12)C(=O)OCCCCN1CCN(c2cccc(Cl)c2)CC1)c1ccc(Cl)cc1. The molecule has 1 fully saturated rings. The van der Waals surface area contributed by atoms with E-state index < -0.39 is 17.9 Å². The van der Waals surface area contributed by atoms with Gasteiger partial charge in [-0.3, -0.25) is 14.5 Å². The van der Waals surface area contributed by atoms with Crippen molar-refractivity contribution >= 4 is 51.7 Å². The molecule has 0 spiro atoms. The van der Waals surface area contributed by atoms with Crippen molar-refractivity contribution in [3.63, 3.8) is 0 Å². The summed E-state index contributed by atoms with van der Waals surface area (Å²) in [7, 11) is 0. The lowest BCUT2D eigenvalue weighted by molar-refractivity contribution is -0.146. The number of H-pyrrole nitrogens is 1. The molecule has 2 N–H and O–H groups in total. The van der Waals surface area contributed by atoms with Crippen molar-refractivity contribution in [2.24, 2.45) is 0 Å². The summed E-state index contributed by atoms with van der Waals surface area (Å²) in [4.78, 5) is 46.2. The Bertz CT molecular complexity index is 1620. The Balaban J connectivity index is 1.15. The fraction of sp³-hybridized carbons (Fsp3) is 0.303. The van der Waals surface area contributed by atoms with Crippen molar-refractivity contribution in [2.45, 2.75) is 25.3 Å². The largest absolute Gasteiger partial charge is 0.464 e. The van der Waals surface area contributed by atoms with Gasteiger partial charge in [-0.25, -0.2) is 4.79 Å². The molecule has 0 radical (unpaired) electrons. The molecule has 43 heavy (non-hydrogen) atoms. The van der Waals surface area contributed by atoms with E-state index in [1.807, 2.05) is 36.4 Å². The van der Waals surface area contributed by atoms with E-state index in [9.17, 15) is 14.4 Å². The Morgan fingerprint density at radius 2 is 1.65 bits per heavy atom. The van der Waals surface area contributed by atoms with Crippen LogP contribution in [0.1, 0.15) is 28.8 Å². The van der Waals surface area contributed by atoms with Gasteiger partial charge >= 0.3 is 5.97 Å². The quantitative estimate of drug-likeness (QED) is 0.174. The van der Waals surface area contributed by atoms with E-state index in [0.717, 1.165) is 55.2 Å². The molecule has 3 aromatic carbocycles. The Kier molecular flexibility index (Phi) is 10.4. The Labute approximate surface area is 260 Å². The highest BCUT2D eigenvalue weighted by Gasteiger charge is 2.25. The number of pyridine rings is 1. The number of rotatable bonds is 11. The van der Waals surface area contributed by atoms with Gasteiger partial charge in [-0.15, -0.1) is 0 Å². The summed E-state index contributed by atoms with van der Waals surface area (Å²) in [6.45, 7) is 4.92. The highest BCUT2D eigenvalue weighted by atomic mass is 35.5. The number of benzene rings is 3. The minimum atomic E-state index is -0.979. The Hall–Kier alpha value is -3.85. The number of piperazine rings is 1. The number of hydrogen-bond acceptors (Lipinski definition) is 6. The number of anilines is 1. The molecule has 2 heterocycles. The van der Waals surface area contributed by atoms with Crippen LogP contribution < -0.4 is 15.8 Å². The van der Waals surface area contributed by atoms with Crippen molar-refractivity contribution in [1.82, 2.24) is 15.2 Å². The van der Waals surface area contributed by atoms with Crippen LogP contribution in [-0.2, 0) is 16.0 Å². The van der Waals surface area contributed by atoms with Gasteiger partial charge in [-0.05, 0) is 73.5 Å². The second-order valence-electron chi connectivity index (χ2n) is 10.6. The van der Waals surface area contributed by atoms with Crippen LogP contribution in [0.5, 0.6) is 0 Å². The van der Waals surface area contributed by atoms with Crippen LogP contribution in [0.25, 0.3) is 10.9 Å². The number of esters is 1. The van der Waals surface area contributed by atoms with Gasteiger partial charge in [-0.1, -0.05) is 47.5 Å². The summed E-state index contributed by atoms with van der Waals surface area (Å²) in [6, 6.07) is 22.2. The number of unbranched alkanes of at least 4 members (excludes halogenated alkanes) is 1. The minimum Gasteiger partial charge on any atom is -0.464 e. The fourth-order valence-electron chi connectivity index (χ4n) is 5.32. The van der Waals surface area contributed by atoms with Crippen molar-refractivity contribution in [3.8, 4) is 0 Å².